The van der Waals surface area contributed by atoms with Crippen molar-refractivity contribution in [3.05, 3.63) is 121 Å². The number of rotatable bonds is 17. The van der Waals surface area contributed by atoms with Crippen LogP contribution in [0.5, 0.6) is 0 Å². The molecule has 23 nitrogen and oxygen atoms in total. The smallest absolute Gasteiger partial charge is 0.453 e. The summed E-state index contributed by atoms with van der Waals surface area (Å²) < 4.78 is 26.6. The lowest BCUT2D eigenvalue weighted by Crippen LogP contribution is -2.53. The standard InChI is InChI=1S/C45H53N7O6.C26H37BN4O5.CH4O/c1-26(2)39(49-44(55)57-5)42(53)51-21-9-13-37(51)35-23-30(24-46-35)32-20-19-31(33-11-7-8-12-34(32)33)28-15-17-29(18-16-28)36-25-47-41(48-36)38-14-10-22-52(38)43(54)40(27(3)4)50-45(56)58-6;1-16(2)21(30-24(33)34-7)23(32)31-14-8-9-20(31)22-28-15-19(29-22)17-10-12-18(13-11-17)27-35-25(3,4)26(5,6)36-27;1-2/h7-8,11-12,15-20,24-27,37-40H,9-10,13-14,21-23H2,1-6H3,(H,47,48)(H,49,55)(H,50,56);10-13,15-16,20-21H,8-9,14H2,1-7H3,(H,28,29)(H,30,33);2H,1H3/t37-,38-,39-,40-;20-,21-;/m00./s1. The summed E-state index contributed by atoms with van der Waals surface area (Å²) in [7, 11) is 4.48. The Morgan fingerprint density at radius 2 is 0.917 bits per heavy atom. The summed E-state index contributed by atoms with van der Waals surface area (Å²) in [5, 5.41) is 17.4. The van der Waals surface area contributed by atoms with Crippen molar-refractivity contribution in [1.82, 2.24) is 50.6 Å². The number of aliphatic hydroxyl groups excluding tert-OH is 1. The number of methoxy groups -OCH3 is 3. The third-order valence-electron chi connectivity index (χ3n) is 19.3. The minimum absolute atomic E-state index is 0.0764. The average molecular weight is 1320 g/mol. The lowest BCUT2D eigenvalue weighted by Gasteiger charge is -2.32. The van der Waals surface area contributed by atoms with E-state index in [1.807, 2.05) is 121 Å². The van der Waals surface area contributed by atoms with Crippen LogP contribution in [0.15, 0.2) is 109 Å². The molecule has 5 aliphatic heterocycles. The number of allylic oxidation sites excluding steroid dienone is 1. The molecular formula is C72H94BN11O12. The Morgan fingerprint density at radius 3 is 1.33 bits per heavy atom. The molecule has 24 heteroatoms. The van der Waals surface area contributed by atoms with Gasteiger partial charge in [-0.2, -0.15) is 0 Å². The Labute approximate surface area is 563 Å². The van der Waals surface area contributed by atoms with Crippen LogP contribution in [0.4, 0.5) is 14.4 Å². The first-order chi connectivity index (χ1) is 45.9. The van der Waals surface area contributed by atoms with E-state index < -0.39 is 43.5 Å². The fourth-order valence-corrected chi connectivity index (χ4v) is 13.2. The first-order valence-electron chi connectivity index (χ1n) is 33.3. The van der Waals surface area contributed by atoms with E-state index in [2.05, 4.69) is 91.6 Å². The number of aromatic nitrogens is 4. The third kappa shape index (κ3) is 15.5. The Hall–Kier alpha value is -8.87. The van der Waals surface area contributed by atoms with Gasteiger partial charge in [-0.3, -0.25) is 19.4 Å². The van der Waals surface area contributed by atoms with Gasteiger partial charge >= 0.3 is 25.4 Å². The van der Waals surface area contributed by atoms with Crippen molar-refractivity contribution in [2.45, 2.75) is 162 Å². The van der Waals surface area contributed by atoms with Gasteiger partial charge in [0.1, 0.15) is 29.8 Å². The van der Waals surface area contributed by atoms with E-state index in [4.69, 9.17) is 38.6 Å². The molecule has 0 saturated carbocycles. The van der Waals surface area contributed by atoms with Gasteiger partial charge in [-0.1, -0.05) is 126 Å². The third-order valence-corrected chi connectivity index (χ3v) is 19.3. The van der Waals surface area contributed by atoms with E-state index in [0.717, 1.165) is 124 Å². The molecule has 0 unspecified atom stereocenters. The van der Waals surface area contributed by atoms with Crippen LogP contribution in [-0.2, 0) is 37.9 Å². The topological polar surface area (TPSA) is 284 Å². The molecule has 7 heterocycles. The molecule has 5 aliphatic rings. The number of carbonyl (C=O) groups excluding carboxylic acids is 6. The van der Waals surface area contributed by atoms with Crippen molar-refractivity contribution >= 4 is 70.6 Å². The number of fused-ring (bicyclic) bond motifs is 1. The van der Waals surface area contributed by atoms with Crippen LogP contribution < -0.4 is 21.4 Å². The van der Waals surface area contributed by atoms with Gasteiger partial charge in [0.05, 0.1) is 74.4 Å². The lowest BCUT2D eigenvalue weighted by molar-refractivity contribution is -0.136. The fraction of sp³-hybridized carbons (Fsp3) is 0.486. The Morgan fingerprint density at radius 1 is 0.542 bits per heavy atom. The van der Waals surface area contributed by atoms with Gasteiger partial charge in [0.2, 0.25) is 17.7 Å². The second-order valence-corrected chi connectivity index (χ2v) is 27.0. The molecule has 4 aromatic carbocycles. The van der Waals surface area contributed by atoms with Crippen LogP contribution in [0.3, 0.4) is 0 Å². The predicted molar refractivity (Wildman–Crippen MR) is 369 cm³/mol. The average Bonchev–Trinajstić information content (AvgIpc) is 1.18. The molecule has 4 fully saturated rings. The van der Waals surface area contributed by atoms with Crippen molar-refractivity contribution < 1.29 is 57.4 Å². The van der Waals surface area contributed by atoms with Crippen LogP contribution in [0.1, 0.15) is 143 Å². The number of nitrogens with one attached hydrogen (secondary N) is 5. The number of aliphatic hydroxyl groups is 1. The first-order valence-corrected chi connectivity index (χ1v) is 33.3. The van der Waals surface area contributed by atoms with Crippen molar-refractivity contribution in [1.29, 1.82) is 0 Å². The van der Waals surface area contributed by atoms with E-state index in [-0.39, 0.29) is 64.8 Å². The number of aromatic amines is 2. The van der Waals surface area contributed by atoms with Crippen LogP contribution >= 0.6 is 0 Å². The Kier molecular flexibility index (Phi) is 23.0. The maximum absolute atomic E-state index is 13.7. The maximum atomic E-state index is 13.7. The summed E-state index contributed by atoms with van der Waals surface area (Å²) in [6.07, 6.45) is 9.37. The Bertz CT molecular complexity index is 3790. The normalized spacial score (nSPS) is 19.6. The summed E-state index contributed by atoms with van der Waals surface area (Å²) in [6, 6.07) is 26.7. The highest BCUT2D eigenvalue weighted by atomic mass is 16.7. The van der Waals surface area contributed by atoms with Gasteiger partial charge in [0, 0.05) is 45.1 Å². The van der Waals surface area contributed by atoms with Crippen molar-refractivity contribution in [3.63, 3.8) is 0 Å². The molecule has 6 aromatic rings. The zero-order valence-corrected chi connectivity index (χ0v) is 57.8. The molecule has 0 radical (unpaired) electrons. The van der Waals surface area contributed by atoms with E-state index in [1.54, 1.807) is 6.20 Å². The molecule has 6 N–H and O–H groups in total. The van der Waals surface area contributed by atoms with Crippen molar-refractivity contribution in [2.75, 3.05) is 48.1 Å². The largest absolute Gasteiger partial charge is 0.494 e. The summed E-state index contributed by atoms with van der Waals surface area (Å²) in [4.78, 5) is 103. The number of amides is 6. The molecule has 0 aliphatic carbocycles. The van der Waals surface area contributed by atoms with Crippen molar-refractivity contribution in [2.24, 2.45) is 22.7 Å². The van der Waals surface area contributed by atoms with E-state index in [1.165, 1.54) is 21.3 Å². The van der Waals surface area contributed by atoms with Crippen LogP contribution in [0.25, 0.3) is 50.0 Å². The van der Waals surface area contributed by atoms with Gasteiger partial charge < -0.3 is 69.2 Å². The molecule has 6 atom stereocenters. The summed E-state index contributed by atoms with van der Waals surface area (Å²) in [5.74, 6) is 0.819. The molecule has 11 rings (SSSR count). The number of hydrogen-bond donors (Lipinski definition) is 6. The van der Waals surface area contributed by atoms with Gasteiger partial charge in [-0.15, -0.1) is 0 Å². The van der Waals surface area contributed by atoms with Gasteiger partial charge in [0.25, 0.3) is 0 Å². The number of alkyl carbamates (subject to hydrolysis) is 3. The maximum Gasteiger partial charge on any atom is 0.494 e. The minimum atomic E-state index is -0.692. The lowest BCUT2D eigenvalue weighted by atomic mass is 9.79. The minimum Gasteiger partial charge on any atom is -0.453 e. The summed E-state index contributed by atoms with van der Waals surface area (Å²) in [6.45, 7) is 21.5. The number of H-pyrrole nitrogens is 2. The van der Waals surface area contributed by atoms with Crippen LogP contribution in [0, 0.1) is 17.8 Å². The number of ether oxygens (including phenoxy) is 3. The van der Waals surface area contributed by atoms with E-state index >= 15 is 0 Å². The molecule has 0 bridgehead atoms. The highest BCUT2D eigenvalue weighted by Crippen LogP contribution is 2.41. The van der Waals surface area contributed by atoms with E-state index in [0.29, 0.717) is 26.1 Å². The number of benzene rings is 4. The van der Waals surface area contributed by atoms with Gasteiger partial charge in [0.15, 0.2) is 0 Å². The number of aliphatic imine (C=N–C) groups is 1. The zero-order chi connectivity index (χ0) is 69.3. The second kappa shape index (κ2) is 30.9. The second-order valence-electron chi connectivity index (χ2n) is 27.0. The Balaban J connectivity index is 0.000000244. The van der Waals surface area contributed by atoms with Gasteiger partial charge in [-0.25, -0.2) is 24.4 Å². The first kappa shape index (κ1) is 71.4. The van der Waals surface area contributed by atoms with Crippen LogP contribution in [0.2, 0.25) is 0 Å². The molecule has 2 aromatic heterocycles. The SMILES string of the molecule is CO.COC(=O)N[C@H](C(=O)N1CCC[C@H]1C1=NC=C(c2ccc(-c3ccc(-c4cnc([C@@H]5CCCN5C(=O)[C@@H](NC(=O)OC)C(C)C)[nH]4)cc3)c3ccccc23)C1)C(C)C.COC(=O)N[C@H](C(=O)N1CCC[C@H]1c1ncc(-c2ccc(B3OC(C)(C)C(C)(C)O3)cc2)[nH]1)C(C)C. The summed E-state index contributed by atoms with van der Waals surface area (Å²) >= 11 is 0. The number of likely N-dealkylation sites (tertiary alicyclic amines) is 3. The highest BCUT2D eigenvalue weighted by Gasteiger charge is 2.52. The quantitative estimate of drug-likeness (QED) is 0.0366. The molecule has 96 heavy (non-hydrogen) atoms. The monoisotopic (exact) mass is 1320 g/mol. The van der Waals surface area contributed by atoms with E-state index in [9.17, 15) is 28.8 Å². The fourth-order valence-electron chi connectivity index (χ4n) is 13.2. The molecule has 512 valence electrons. The highest BCUT2D eigenvalue weighted by molar-refractivity contribution is 6.62. The van der Waals surface area contributed by atoms with Crippen LogP contribution in [-0.4, -0.2) is 172 Å². The molecule has 0 spiro atoms. The molecule has 6 amide bonds. The van der Waals surface area contributed by atoms with Crippen molar-refractivity contribution in [3.8, 4) is 33.6 Å². The predicted octanol–water partition coefficient (Wildman–Crippen LogP) is 10.5. The molecular weight excluding hydrogens is 1220 g/mol. The zero-order valence-electron chi connectivity index (χ0n) is 57.8. The molecule has 4 saturated heterocycles. The number of hydrogen-bond acceptors (Lipinski definition) is 15. The number of imidazole rings is 2. The number of nitrogens with zero attached hydrogens (tertiary/aromatic N) is 6. The summed E-state index contributed by atoms with van der Waals surface area (Å²) in [5.41, 5.74) is 9.26. The number of carbonyl (C=O) groups is 6. The van der Waals surface area contributed by atoms with Gasteiger partial charge in [-0.05, 0) is 134 Å².